The van der Waals surface area contributed by atoms with Crippen LogP contribution in [0.3, 0.4) is 0 Å². The van der Waals surface area contributed by atoms with Gasteiger partial charge in [-0.05, 0) is 13.0 Å². The number of hydrogen-bond acceptors (Lipinski definition) is 4. The second-order valence-electron chi connectivity index (χ2n) is 4.02. The van der Waals surface area contributed by atoms with E-state index in [1.54, 1.807) is 0 Å². The molecule has 0 radical (unpaired) electrons. The smallest absolute Gasteiger partial charge is 0.389 e. The molecule has 2 rings (SSSR count). The zero-order chi connectivity index (χ0) is 13.9. The van der Waals surface area contributed by atoms with E-state index in [-0.39, 0.29) is 6.42 Å². The number of hydrogen-bond donors (Lipinski definition) is 1. The van der Waals surface area contributed by atoms with Gasteiger partial charge in [-0.25, -0.2) is 0 Å². The van der Waals surface area contributed by atoms with Crippen LogP contribution in [-0.2, 0) is 6.54 Å². The van der Waals surface area contributed by atoms with Gasteiger partial charge in [-0.2, -0.15) is 18.2 Å². The van der Waals surface area contributed by atoms with E-state index in [4.69, 9.17) is 4.74 Å². The lowest BCUT2D eigenvalue weighted by molar-refractivity contribution is -0.135. The highest BCUT2D eigenvalue weighted by Crippen LogP contribution is 2.23. The van der Waals surface area contributed by atoms with Crippen LogP contribution in [0, 0.1) is 0 Å². The Morgan fingerprint density at radius 3 is 2.95 bits per heavy atom. The fourth-order valence-corrected chi connectivity index (χ4v) is 2.48. The molecule has 0 bridgehead atoms. The fourth-order valence-electron chi connectivity index (χ4n) is 1.76. The van der Waals surface area contributed by atoms with E-state index in [9.17, 15) is 13.2 Å². The third-order valence-electron chi connectivity index (χ3n) is 2.62. The summed E-state index contributed by atoms with van der Waals surface area (Å²) in [6.07, 6.45) is -2.92. The number of nitrogens with one attached hydrogen (secondary N) is 1. The molecule has 0 aliphatic heterocycles. The average Bonchev–Trinajstić information content (AvgIpc) is 2.88. The van der Waals surface area contributed by atoms with Crippen molar-refractivity contribution in [2.45, 2.75) is 25.6 Å². The Kier molecular flexibility index (Phi) is 4.31. The van der Waals surface area contributed by atoms with E-state index in [2.05, 4.69) is 10.3 Å². The summed E-state index contributed by atoms with van der Waals surface area (Å²) < 4.78 is 43.0. The standard InChI is InChI=1S/C11H14F3N3OS/c1-18-9-8(17-5-6-19-10(17)16-9)7-15-4-2-3-11(12,13)14/h5-6,15H,2-4,7H2,1H3. The lowest BCUT2D eigenvalue weighted by Crippen LogP contribution is -2.18. The Labute approximate surface area is 112 Å². The number of alkyl halides is 3. The third-order valence-corrected chi connectivity index (χ3v) is 3.38. The second-order valence-corrected chi connectivity index (χ2v) is 4.89. The molecule has 19 heavy (non-hydrogen) atoms. The summed E-state index contributed by atoms with van der Waals surface area (Å²) in [5.41, 5.74) is 0.825. The molecular weight excluding hydrogens is 279 g/mol. The quantitative estimate of drug-likeness (QED) is 0.832. The van der Waals surface area contributed by atoms with Gasteiger partial charge in [-0.3, -0.25) is 4.40 Å². The molecule has 0 fully saturated rings. The van der Waals surface area contributed by atoms with Crippen LogP contribution in [0.2, 0.25) is 0 Å². The van der Waals surface area contributed by atoms with E-state index in [0.29, 0.717) is 19.0 Å². The first-order valence-electron chi connectivity index (χ1n) is 5.77. The highest BCUT2D eigenvalue weighted by atomic mass is 32.1. The third kappa shape index (κ3) is 3.60. The maximum atomic E-state index is 12.0. The highest BCUT2D eigenvalue weighted by Gasteiger charge is 2.25. The number of thiazole rings is 1. The molecule has 0 saturated heterocycles. The topological polar surface area (TPSA) is 38.6 Å². The fraction of sp³-hybridized carbons (Fsp3) is 0.545. The molecule has 2 heterocycles. The summed E-state index contributed by atoms with van der Waals surface area (Å²) in [5, 5.41) is 4.88. The van der Waals surface area contributed by atoms with Crippen molar-refractivity contribution >= 4 is 16.3 Å². The highest BCUT2D eigenvalue weighted by molar-refractivity contribution is 7.15. The zero-order valence-corrected chi connectivity index (χ0v) is 11.1. The molecule has 0 atom stereocenters. The predicted molar refractivity (Wildman–Crippen MR) is 66.6 cm³/mol. The molecule has 2 aromatic heterocycles. The molecule has 0 amide bonds. The summed E-state index contributed by atoms with van der Waals surface area (Å²) in [5.74, 6) is 0.509. The summed E-state index contributed by atoms with van der Waals surface area (Å²) in [7, 11) is 1.53. The lowest BCUT2D eigenvalue weighted by atomic mass is 10.3. The van der Waals surface area contributed by atoms with Crippen molar-refractivity contribution in [3.63, 3.8) is 0 Å². The van der Waals surface area contributed by atoms with Gasteiger partial charge in [0.2, 0.25) is 5.88 Å². The molecule has 0 spiro atoms. The Morgan fingerprint density at radius 1 is 1.47 bits per heavy atom. The van der Waals surface area contributed by atoms with Crippen LogP contribution in [0.15, 0.2) is 11.6 Å². The first kappa shape index (κ1) is 14.1. The maximum Gasteiger partial charge on any atom is 0.389 e. The Bertz CT molecular complexity index is 535. The van der Waals surface area contributed by atoms with Crippen molar-refractivity contribution in [1.29, 1.82) is 0 Å². The molecule has 2 aromatic rings. The second kappa shape index (κ2) is 5.79. The number of nitrogens with zero attached hydrogens (tertiary/aromatic N) is 2. The molecule has 106 valence electrons. The molecule has 0 aliphatic carbocycles. The molecule has 1 N–H and O–H groups in total. The van der Waals surface area contributed by atoms with Crippen molar-refractivity contribution in [1.82, 2.24) is 14.7 Å². The van der Waals surface area contributed by atoms with Crippen LogP contribution in [-0.4, -0.2) is 29.2 Å². The first-order chi connectivity index (χ1) is 9.01. The van der Waals surface area contributed by atoms with Crippen LogP contribution in [0.5, 0.6) is 5.88 Å². The van der Waals surface area contributed by atoms with Gasteiger partial charge < -0.3 is 10.1 Å². The molecular formula is C11H14F3N3OS. The number of rotatable bonds is 6. The van der Waals surface area contributed by atoms with E-state index in [1.165, 1.54) is 18.4 Å². The van der Waals surface area contributed by atoms with Crippen molar-refractivity contribution in [3.8, 4) is 5.88 Å². The predicted octanol–water partition coefficient (Wildman–Crippen LogP) is 2.84. The van der Waals surface area contributed by atoms with Crippen molar-refractivity contribution in [3.05, 3.63) is 17.3 Å². The van der Waals surface area contributed by atoms with Gasteiger partial charge in [0, 0.05) is 24.5 Å². The summed E-state index contributed by atoms with van der Waals surface area (Å²) in [6, 6.07) is 0. The number of halogens is 3. The monoisotopic (exact) mass is 293 g/mol. The van der Waals surface area contributed by atoms with Crippen LogP contribution < -0.4 is 10.1 Å². The van der Waals surface area contributed by atoms with Gasteiger partial charge in [-0.15, -0.1) is 11.3 Å². The van der Waals surface area contributed by atoms with Crippen molar-refractivity contribution in [2.75, 3.05) is 13.7 Å². The van der Waals surface area contributed by atoms with E-state index >= 15 is 0 Å². The van der Waals surface area contributed by atoms with Gasteiger partial charge >= 0.3 is 6.18 Å². The zero-order valence-electron chi connectivity index (χ0n) is 10.3. The van der Waals surface area contributed by atoms with Crippen molar-refractivity contribution < 1.29 is 17.9 Å². The largest absolute Gasteiger partial charge is 0.480 e. The summed E-state index contributed by atoms with van der Waals surface area (Å²) >= 11 is 1.48. The number of methoxy groups -OCH3 is 1. The summed E-state index contributed by atoms with van der Waals surface area (Å²) in [4.78, 5) is 5.08. The molecule has 0 aliphatic rings. The van der Waals surface area contributed by atoms with Crippen molar-refractivity contribution in [2.24, 2.45) is 0 Å². The molecule has 0 aromatic carbocycles. The lowest BCUT2D eigenvalue weighted by Gasteiger charge is -2.07. The number of fused-ring (bicyclic) bond motifs is 1. The number of aromatic nitrogens is 2. The van der Waals surface area contributed by atoms with Gasteiger partial charge in [0.15, 0.2) is 4.96 Å². The van der Waals surface area contributed by atoms with Gasteiger partial charge in [-0.1, -0.05) is 0 Å². The van der Waals surface area contributed by atoms with E-state index < -0.39 is 12.6 Å². The Morgan fingerprint density at radius 2 is 2.26 bits per heavy atom. The molecule has 0 unspecified atom stereocenters. The minimum Gasteiger partial charge on any atom is -0.480 e. The Balaban J connectivity index is 1.88. The number of imidazole rings is 1. The normalized spacial score (nSPS) is 12.2. The van der Waals surface area contributed by atoms with Gasteiger partial charge in [0.05, 0.1) is 7.11 Å². The number of ether oxygens (including phenoxy) is 1. The van der Waals surface area contributed by atoms with Gasteiger partial charge in [0.25, 0.3) is 0 Å². The van der Waals surface area contributed by atoms with Crippen LogP contribution >= 0.6 is 11.3 Å². The maximum absolute atomic E-state index is 12.0. The van der Waals surface area contributed by atoms with Crippen LogP contribution in [0.4, 0.5) is 13.2 Å². The molecule has 4 nitrogen and oxygen atoms in total. The van der Waals surface area contributed by atoms with E-state index in [1.807, 2.05) is 16.0 Å². The molecule has 0 saturated carbocycles. The van der Waals surface area contributed by atoms with Gasteiger partial charge in [0.1, 0.15) is 5.69 Å². The minimum atomic E-state index is -4.09. The molecule has 8 heteroatoms. The van der Waals surface area contributed by atoms with Crippen LogP contribution in [0.25, 0.3) is 4.96 Å². The average molecular weight is 293 g/mol. The SMILES string of the molecule is COc1nc2sccn2c1CNCCCC(F)(F)F. The first-order valence-corrected chi connectivity index (χ1v) is 6.65. The van der Waals surface area contributed by atoms with E-state index in [0.717, 1.165) is 10.7 Å². The Hall–Kier alpha value is -1.28. The van der Waals surface area contributed by atoms with Crippen LogP contribution in [0.1, 0.15) is 18.5 Å². The summed E-state index contributed by atoms with van der Waals surface area (Å²) in [6.45, 7) is 0.735. The minimum absolute atomic E-state index is 0.0669.